The van der Waals surface area contributed by atoms with Crippen molar-refractivity contribution >= 4 is 28.4 Å². The number of aromatic nitrogens is 3. The summed E-state index contributed by atoms with van der Waals surface area (Å²) in [6.07, 6.45) is 0.867. The number of benzene rings is 1. The summed E-state index contributed by atoms with van der Waals surface area (Å²) >= 11 is 0. The van der Waals surface area contributed by atoms with E-state index in [0.29, 0.717) is 11.3 Å². The SMILES string of the molecule is Nc1n[nH]c2c1CN(c1c(F)cc3c(=O)c(C(=O)O)cn(CCF)c3c1F)C2. The van der Waals surface area contributed by atoms with Crippen LogP contribution in [0.4, 0.5) is 24.7 Å². The highest BCUT2D eigenvalue weighted by Crippen LogP contribution is 2.36. The number of carboxylic acid groups (broad SMARTS) is 1. The van der Waals surface area contributed by atoms with Crippen LogP contribution in [0.15, 0.2) is 17.1 Å². The van der Waals surface area contributed by atoms with Crippen molar-refractivity contribution in [1.29, 1.82) is 0 Å². The van der Waals surface area contributed by atoms with Gasteiger partial charge in [-0.1, -0.05) is 0 Å². The van der Waals surface area contributed by atoms with Crippen molar-refractivity contribution in [1.82, 2.24) is 14.8 Å². The molecule has 0 aliphatic carbocycles. The second-order valence-electron chi connectivity index (χ2n) is 6.40. The molecule has 0 saturated heterocycles. The molecule has 0 atom stereocenters. The zero-order valence-corrected chi connectivity index (χ0v) is 14.3. The number of carbonyl (C=O) groups is 1. The van der Waals surface area contributed by atoms with Gasteiger partial charge < -0.3 is 20.3 Å². The van der Waals surface area contributed by atoms with E-state index >= 15 is 4.39 Å². The molecule has 1 aliphatic rings. The molecule has 146 valence electrons. The molecular formula is C17H14F3N5O3. The minimum atomic E-state index is -1.56. The van der Waals surface area contributed by atoms with Crippen molar-refractivity contribution < 1.29 is 23.1 Å². The van der Waals surface area contributed by atoms with Gasteiger partial charge in [-0.15, -0.1) is 0 Å². The summed E-state index contributed by atoms with van der Waals surface area (Å²) in [5.74, 6) is -3.45. The zero-order valence-electron chi connectivity index (χ0n) is 14.3. The first-order valence-electron chi connectivity index (χ1n) is 8.24. The predicted octanol–water partition coefficient (Wildman–Crippen LogP) is 1.77. The fraction of sp³-hybridized carbons (Fsp3) is 0.235. The number of anilines is 2. The smallest absolute Gasteiger partial charge is 0.341 e. The van der Waals surface area contributed by atoms with Crippen LogP contribution in [0.3, 0.4) is 0 Å². The Hall–Kier alpha value is -3.50. The second kappa shape index (κ2) is 6.29. The minimum absolute atomic E-state index is 0.0948. The van der Waals surface area contributed by atoms with E-state index in [1.165, 1.54) is 4.90 Å². The fourth-order valence-corrected chi connectivity index (χ4v) is 3.51. The van der Waals surface area contributed by atoms with Crippen molar-refractivity contribution in [2.24, 2.45) is 0 Å². The molecule has 0 bridgehead atoms. The number of aromatic carboxylic acids is 1. The molecule has 4 rings (SSSR count). The average molecular weight is 393 g/mol. The molecule has 11 heteroatoms. The number of fused-ring (bicyclic) bond motifs is 2. The van der Waals surface area contributed by atoms with Crippen LogP contribution in [0.2, 0.25) is 0 Å². The van der Waals surface area contributed by atoms with Crippen LogP contribution in [0.25, 0.3) is 10.9 Å². The third-order valence-electron chi connectivity index (χ3n) is 4.78. The molecule has 0 amide bonds. The monoisotopic (exact) mass is 393 g/mol. The molecular weight excluding hydrogens is 379 g/mol. The molecule has 0 fully saturated rings. The summed E-state index contributed by atoms with van der Waals surface area (Å²) < 4.78 is 44.1. The molecule has 3 heterocycles. The third kappa shape index (κ3) is 2.50. The number of aryl methyl sites for hydroxylation is 1. The normalized spacial score (nSPS) is 13.3. The van der Waals surface area contributed by atoms with Gasteiger partial charge in [-0.25, -0.2) is 18.0 Å². The van der Waals surface area contributed by atoms with Crippen LogP contribution < -0.4 is 16.1 Å². The Morgan fingerprint density at radius 3 is 2.75 bits per heavy atom. The molecule has 1 aliphatic heterocycles. The highest BCUT2D eigenvalue weighted by atomic mass is 19.1. The van der Waals surface area contributed by atoms with Crippen molar-refractivity contribution in [3.05, 3.63) is 50.9 Å². The van der Waals surface area contributed by atoms with Gasteiger partial charge in [-0.2, -0.15) is 5.10 Å². The van der Waals surface area contributed by atoms with E-state index in [-0.39, 0.29) is 24.4 Å². The molecule has 0 radical (unpaired) electrons. The Balaban J connectivity index is 1.95. The maximum Gasteiger partial charge on any atom is 0.341 e. The van der Waals surface area contributed by atoms with Crippen LogP contribution in [0.5, 0.6) is 0 Å². The number of halogens is 3. The van der Waals surface area contributed by atoms with Crippen LogP contribution in [0, 0.1) is 11.6 Å². The standard InChI is InChI=1S/C17H14F3N5O3/c18-1-2-24-5-9(17(27)28)15(26)7-3-10(19)14(12(20)13(7)24)25-4-8-11(6-25)22-23-16(8)21/h3,5H,1-2,4,6H2,(H,27,28)(H3,21,22,23). The number of carboxylic acids is 1. The molecule has 2 aromatic heterocycles. The number of rotatable bonds is 4. The van der Waals surface area contributed by atoms with Gasteiger partial charge in [-0.3, -0.25) is 9.89 Å². The molecule has 28 heavy (non-hydrogen) atoms. The number of hydrogen-bond acceptors (Lipinski definition) is 5. The Morgan fingerprint density at radius 1 is 1.36 bits per heavy atom. The maximum absolute atomic E-state index is 15.3. The maximum atomic E-state index is 15.3. The number of alkyl halides is 1. The van der Waals surface area contributed by atoms with Crippen LogP contribution in [-0.4, -0.2) is 32.5 Å². The second-order valence-corrected chi connectivity index (χ2v) is 6.40. The van der Waals surface area contributed by atoms with Gasteiger partial charge in [0.25, 0.3) is 0 Å². The molecule has 3 aromatic rings. The van der Waals surface area contributed by atoms with Crippen molar-refractivity contribution in [2.45, 2.75) is 19.6 Å². The number of nitrogens with one attached hydrogen (secondary N) is 1. The first-order valence-corrected chi connectivity index (χ1v) is 8.24. The van der Waals surface area contributed by atoms with E-state index in [0.717, 1.165) is 16.8 Å². The molecule has 4 N–H and O–H groups in total. The van der Waals surface area contributed by atoms with E-state index in [1.807, 2.05) is 0 Å². The van der Waals surface area contributed by atoms with Gasteiger partial charge in [0.2, 0.25) is 5.43 Å². The van der Waals surface area contributed by atoms with Crippen LogP contribution in [-0.2, 0) is 19.6 Å². The molecule has 8 nitrogen and oxygen atoms in total. The zero-order chi connectivity index (χ0) is 20.2. The van der Waals surface area contributed by atoms with Crippen molar-refractivity contribution in [3.8, 4) is 0 Å². The molecule has 1 aromatic carbocycles. The van der Waals surface area contributed by atoms with Crippen molar-refractivity contribution in [3.63, 3.8) is 0 Å². The van der Waals surface area contributed by atoms with Crippen molar-refractivity contribution in [2.75, 3.05) is 17.3 Å². The van der Waals surface area contributed by atoms with Gasteiger partial charge in [0.1, 0.15) is 23.7 Å². The minimum Gasteiger partial charge on any atom is -0.477 e. The van der Waals surface area contributed by atoms with E-state index < -0.39 is 52.9 Å². The first-order chi connectivity index (χ1) is 13.3. The lowest BCUT2D eigenvalue weighted by molar-refractivity contribution is 0.0694. The molecule has 0 unspecified atom stereocenters. The van der Waals surface area contributed by atoms with E-state index in [2.05, 4.69) is 10.2 Å². The van der Waals surface area contributed by atoms with Crippen LogP contribution >= 0.6 is 0 Å². The van der Waals surface area contributed by atoms with E-state index in [1.54, 1.807) is 0 Å². The lowest BCUT2D eigenvalue weighted by atomic mass is 10.1. The number of nitrogen functional groups attached to an aromatic ring is 1. The quantitative estimate of drug-likeness (QED) is 0.622. The summed E-state index contributed by atoms with van der Waals surface area (Å²) in [4.78, 5) is 25.0. The van der Waals surface area contributed by atoms with Crippen LogP contribution in [0.1, 0.15) is 21.6 Å². The lowest BCUT2D eigenvalue weighted by Crippen LogP contribution is -2.23. The third-order valence-corrected chi connectivity index (χ3v) is 4.78. The average Bonchev–Trinajstić information content (AvgIpc) is 3.19. The number of nitrogens with zero attached hydrogens (tertiary/aromatic N) is 3. The number of hydrogen-bond donors (Lipinski definition) is 3. The first kappa shape index (κ1) is 17.9. The summed E-state index contributed by atoms with van der Waals surface area (Å²) in [6.45, 7) is -1.12. The Morgan fingerprint density at radius 2 is 2.11 bits per heavy atom. The topological polar surface area (TPSA) is 117 Å². The Bertz CT molecular complexity index is 1190. The van der Waals surface area contributed by atoms with Gasteiger partial charge in [0.05, 0.1) is 29.7 Å². The Labute approximate surface area is 155 Å². The van der Waals surface area contributed by atoms with Gasteiger partial charge in [0.15, 0.2) is 11.6 Å². The predicted molar refractivity (Wildman–Crippen MR) is 93.9 cm³/mol. The highest BCUT2D eigenvalue weighted by molar-refractivity contribution is 5.94. The number of aromatic amines is 1. The van der Waals surface area contributed by atoms with Gasteiger partial charge in [0, 0.05) is 18.3 Å². The lowest BCUT2D eigenvalue weighted by Gasteiger charge is -2.22. The fourth-order valence-electron chi connectivity index (χ4n) is 3.51. The molecule has 0 spiro atoms. The van der Waals surface area contributed by atoms with Gasteiger partial charge >= 0.3 is 5.97 Å². The largest absolute Gasteiger partial charge is 0.477 e. The van der Waals surface area contributed by atoms with E-state index in [9.17, 15) is 18.4 Å². The van der Waals surface area contributed by atoms with E-state index in [4.69, 9.17) is 10.8 Å². The number of H-pyrrole nitrogens is 1. The summed E-state index contributed by atoms with van der Waals surface area (Å²) in [6, 6.07) is 0.783. The summed E-state index contributed by atoms with van der Waals surface area (Å²) in [7, 11) is 0. The molecule has 0 saturated carbocycles. The number of nitrogens with two attached hydrogens (primary N) is 1. The number of pyridine rings is 1. The summed E-state index contributed by atoms with van der Waals surface area (Å²) in [5, 5.41) is 15.2. The Kier molecular flexibility index (Phi) is 4.02. The van der Waals surface area contributed by atoms with Gasteiger partial charge in [-0.05, 0) is 6.07 Å². The highest BCUT2D eigenvalue weighted by Gasteiger charge is 2.30. The summed E-state index contributed by atoms with van der Waals surface area (Å²) in [5.41, 5.74) is 4.45.